The fraction of sp³-hybridized carbons (Fsp3) is 0.333. The predicted octanol–water partition coefficient (Wildman–Crippen LogP) is 4.80. The van der Waals surface area contributed by atoms with Crippen molar-refractivity contribution in [2.24, 2.45) is 0 Å². The average Bonchev–Trinajstić information content (AvgIpc) is 3.24. The molecule has 0 aliphatic carbocycles. The first-order valence-corrected chi connectivity index (χ1v) is 11.3. The number of aryl methyl sites for hydroxylation is 2. The molecule has 1 fully saturated rings. The Morgan fingerprint density at radius 3 is 2.53 bits per heavy atom. The number of aromatic nitrogens is 2. The van der Waals surface area contributed by atoms with Gasteiger partial charge in [0.25, 0.3) is 5.91 Å². The van der Waals surface area contributed by atoms with E-state index in [1.165, 1.54) is 5.56 Å². The molecule has 0 unspecified atom stereocenters. The molecule has 0 saturated carbocycles. The molecule has 0 spiro atoms. The van der Waals surface area contributed by atoms with Crippen LogP contribution in [-0.4, -0.2) is 51.7 Å². The summed E-state index contributed by atoms with van der Waals surface area (Å²) in [5, 5.41) is 5.71. The van der Waals surface area contributed by atoms with Crippen LogP contribution in [0.3, 0.4) is 0 Å². The van der Waals surface area contributed by atoms with E-state index in [9.17, 15) is 4.79 Å². The van der Waals surface area contributed by atoms with E-state index in [4.69, 9.17) is 27.9 Å². The highest BCUT2D eigenvalue weighted by atomic mass is 35.5. The fourth-order valence-corrected chi connectivity index (χ4v) is 4.27. The Kier molecular flexibility index (Phi) is 7.04. The van der Waals surface area contributed by atoms with Crippen LogP contribution in [0.4, 0.5) is 0 Å². The zero-order chi connectivity index (χ0) is 22.7. The van der Waals surface area contributed by atoms with Crippen molar-refractivity contribution in [1.29, 1.82) is 0 Å². The molecule has 1 amide bonds. The SMILES string of the molecule is Cc1ccc(OCn2ccc(C(=O)N3CCN(Cc4ccc(Cl)cc4Cl)CC3)n2)c(C)c1. The lowest BCUT2D eigenvalue weighted by Gasteiger charge is -2.34. The Morgan fingerprint density at radius 1 is 1.03 bits per heavy atom. The second-order valence-electron chi connectivity index (χ2n) is 8.09. The number of rotatable bonds is 6. The van der Waals surface area contributed by atoms with Crippen molar-refractivity contribution >= 4 is 29.1 Å². The zero-order valence-electron chi connectivity index (χ0n) is 18.2. The van der Waals surface area contributed by atoms with Gasteiger partial charge in [0.2, 0.25) is 0 Å². The van der Waals surface area contributed by atoms with E-state index in [1.54, 1.807) is 23.0 Å². The second kappa shape index (κ2) is 9.94. The largest absolute Gasteiger partial charge is 0.471 e. The molecular formula is C24H26Cl2N4O2. The molecule has 1 aromatic heterocycles. The number of piperazine rings is 1. The predicted molar refractivity (Wildman–Crippen MR) is 126 cm³/mol. The maximum absolute atomic E-state index is 12.9. The van der Waals surface area contributed by atoms with E-state index in [1.807, 2.05) is 36.1 Å². The first kappa shape index (κ1) is 22.6. The van der Waals surface area contributed by atoms with Gasteiger partial charge >= 0.3 is 0 Å². The molecule has 6 nitrogen and oxygen atoms in total. The molecule has 2 heterocycles. The molecule has 0 atom stereocenters. The minimum Gasteiger partial charge on any atom is -0.471 e. The van der Waals surface area contributed by atoms with Crippen LogP contribution < -0.4 is 4.74 Å². The van der Waals surface area contributed by atoms with Gasteiger partial charge in [-0.15, -0.1) is 0 Å². The summed E-state index contributed by atoms with van der Waals surface area (Å²) in [6, 6.07) is 13.4. The molecule has 0 bridgehead atoms. The summed E-state index contributed by atoms with van der Waals surface area (Å²) in [6.45, 7) is 7.92. The number of carbonyl (C=O) groups excluding carboxylic acids is 1. The van der Waals surface area contributed by atoms with Crippen molar-refractivity contribution in [3.63, 3.8) is 0 Å². The van der Waals surface area contributed by atoms with Gasteiger partial charge < -0.3 is 9.64 Å². The van der Waals surface area contributed by atoms with Gasteiger partial charge in [-0.2, -0.15) is 5.10 Å². The van der Waals surface area contributed by atoms with E-state index in [-0.39, 0.29) is 12.6 Å². The van der Waals surface area contributed by atoms with Gasteiger partial charge in [0.1, 0.15) is 5.75 Å². The summed E-state index contributed by atoms with van der Waals surface area (Å²) in [6.07, 6.45) is 1.77. The van der Waals surface area contributed by atoms with Gasteiger partial charge in [-0.3, -0.25) is 9.69 Å². The molecule has 0 radical (unpaired) electrons. The number of hydrogen-bond acceptors (Lipinski definition) is 4. The minimum atomic E-state index is -0.0561. The molecule has 168 valence electrons. The van der Waals surface area contributed by atoms with Gasteiger partial charge in [0.15, 0.2) is 12.4 Å². The highest BCUT2D eigenvalue weighted by Crippen LogP contribution is 2.23. The summed E-state index contributed by atoms with van der Waals surface area (Å²) in [5.41, 5.74) is 3.74. The fourth-order valence-electron chi connectivity index (χ4n) is 3.81. The lowest BCUT2D eigenvalue weighted by Crippen LogP contribution is -2.48. The van der Waals surface area contributed by atoms with Crippen LogP contribution in [0.25, 0.3) is 0 Å². The Bertz CT molecular complexity index is 1110. The minimum absolute atomic E-state index is 0.0561. The van der Waals surface area contributed by atoms with Crippen molar-refractivity contribution in [3.05, 3.63) is 81.1 Å². The van der Waals surface area contributed by atoms with Gasteiger partial charge in [0.05, 0.1) is 0 Å². The van der Waals surface area contributed by atoms with E-state index >= 15 is 0 Å². The highest BCUT2D eigenvalue weighted by Gasteiger charge is 2.24. The highest BCUT2D eigenvalue weighted by molar-refractivity contribution is 6.35. The summed E-state index contributed by atoms with van der Waals surface area (Å²) >= 11 is 12.3. The number of nitrogens with zero attached hydrogens (tertiary/aromatic N) is 4. The van der Waals surface area contributed by atoms with Gasteiger partial charge in [-0.05, 0) is 49.2 Å². The first-order chi connectivity index (χ1) is 15.4. The maximum Gasteiger partial charge on any atom is 0.274 e. The normalized spacial score (nSPS) is 14.6. The molecule has 8 heteroatoms. The third-order valence-corrected chi connectivity index (χ3v) is 6.20. The van der Waals surface area contributed by atoms with Crippen molar-refractivity contribution in [3.8, 4) is 5.75 Å². The van der Waals surface area contributed by atoms with Crippen molar-refractivity contribution in [2.75, 3.05) is 26.2 Å². The summed E-state index contributed by atoms with van der Waals surface area (Å²) in [4.78, 5) is 17.0. The summed E-state index contributed by atoms with van der Waals surface area (Å²) < 4.78 is 7.50. The number of hydrogen-bond donors (Lipinski definition) is 0. The molecule has 1 aliphatic heterocycles. The number of amides is 1. The van der Waals surface area contributed by atoms with Crippen LogP contribution in [-0.2, 0) is 13.3 Å². The quantitative estimate of drug-likeness (QED) is 0.516. The van der Waals surface area contributed by atoms with Crippen molar-refractivity contribution in [2.45, 2.75) is 27.1 Å². The average molecular weight is 473 g/mol. The van der Waals surface area contributed by atoms with E-state index in [0.717, 1.165) is 36.5 Å². The van der Waals surface area contributed by atoms with Gasteiger partial charge in [-0.25, -0.2) is 4.68 Å². The van der Waals surface area contributed by atoms with Crippen LogP contribution >= 0.6 is 23.2 Å². The number of ether oxygens (including phenoxy) is 1. The Labute approximate surface area is 198 Å². The topological polar surface area (TPSA) is 50.6 Å². The molecule has 1 aliphatic rings. The van der Waals surface area contributed by atoms with Crippen LogP contribution in [0.5, 0.6) is 5.75 Å². The van der Waals surface area contributed by atoms with Crippen LogP contribution in [0.15, 0.2) is 48.7 Å². The summed E-state index contributed by atoms with van der Waals surface area (Å²) in [7, 11) is 0. The van der Waals surface area contributed by atoms with E-state index in [2.05, 4.69) is 23.0 Å². The van der Waals surface area contributed by atoms with Gasteiger partial charge in [0, 0.05) is 49.0 Å². The third-order valence-electron chi connectivity index (χ3n) is 5.61. The van der Waals surface area contributed by atoms with E-state index in [0.29, 0.717) is 28.8 Å². The van der Waals surface area contributed by atoms with Crippen LogP contribution in [0.1, 0.15) is 27.2 Å². The molecule has 3 aromatic rings. The van der Waals surface area contributed by atoms with Crippen LogP contribution in [0, 0.1) is 13.8 Å². The Morgan fingerprint density at radius 2 is 1.81 bits per heavy atom. The maximum atomic E-state index is 12.9. The van der Waals surface area contributed by atoms with Crippen LogP contribution in [0.2, 0.25) is 10.0 Å². The Balaban J connectivity index is 1.29. The van der Waals surface area contributed by atoms with Crippen molar-refractivity contribution < 1.29 is 9.53 Å². The first-order valence-electron chi connectivity index (χ1n) is 10.6. The zero-order valence-corrected chi connectivity index (χ0v) is 19.7. The lowest BCUT2D eigenvalue weighted by atomic mass is 10.1. The second-order valence-corrected chi connectivity index (χ2v) is 8.93. The molecular weight excluding hydrogens is 447 g/mol. The third kappa shape index (κ3) is 5.44. The van der Waals surface area contributed by atoms with Crippen molar-refractivity contribution in [1.82, 2.24) is 19.6 Å². The molecule has 0 N–H and O–H groups in total. The van der Waals surface area contributed by atoms with E-state index < -0.39 is 0 Å². The number of carbonyl (C=O) groups is 1. The number of benzene rings is 2. The molecule has 2 aromatic carbocycles. The molecule has 4 rings (SSSR count). The number of halogens is 2. The molecule has 32 heavy (non-hydrogen) atoms. The summed E-state index contributed by atoms with van der Waals surface area (Å²) in [5.74, 6) is 0.760. The molecule has 1 saturated heterocycles. The monoisotopic (exact) mass is 472 g/mol. The standard InChI is InChI=1S/C24H26Cl2N4O2/c1-17-3-6-23(18(2)13-17)32-16-30-8-7-22(27-30)24(31)29-11-9-28(10-12-29)15-19-4-5-20(25)14-21(19)26/h3-8,13-14H,9-12,15-16H2,1-2H3. The van der Waals surface area contributed by atoms with Gasteiger partial charge in [-0.1, -0.05) is 47.0 Å². The Hall–Kier alpha value is -2.54. The smallest absolute Gasteiger partial charge is 0.274 e. The lowest BCUT2D eigenvalue weighted by molar-refractivity contribution is 0.0621.